The van der Waals surface area contributed by atoms with Crippen molar-refractivity contribution in [2.45, 2.75) is 6.54 Å². The number of thiophene rings is 1. The second kappa shape index (κ2) is 4.14. The summed E-state index contributed by atoms with van der Waals surface area (Å²) in [5.41, 5.74) is 1.05. The smallest absolute Gasteiger partial charge is 0.0729 e. The van der Waals surface area contributed by atoms with Crippen LogP contribution in [0, 0.1) is 0 Å². The van der Waals surface area contributed by atoms with Crippen LogP contribution in [0.4, 0.5) is 5.69 Å². The molecular formula is C9H10BrN3S. The van der Waals surface area contributed by atoms with E-state index in [-0.39, 0.29) is 0 Å². The number of hydrogen-bond acceptors (Lipinski definition) is 3. The number of anilines is 1. The predicted molar refractivity (Wildman–Crippen MR) is 62.6 cm³/mol. The molecule has 0 amide bonds. The lowest BCUT2D eigenvalue weighted by Gasteiger charge is -1.99. The molecule has 1 N–H and O–H groups in total. The Bertz CT molecular complexity index is 381. The molecule has 0 aliphatic rings. The van der Waals surface area contributed by atoms with Crippen molar-refractivity contribution in [3.8, 4) is 0 Å². The van der Waals surface area contributed by atoms with Crippen molar-refractivity contribution >= 4 is 33.0 Å². The highest BCUT2D eigenvalue weighted by atomic mass is 79.9. The summed E-state index contributed by atoms with van der Waals surface area (Å²) in [7, 11) is 1.91. The maximum absolute atomic E-state index is 4.08. The van der Waals surface area contributed by atoms with Crippen molar-refractivity contribution in [1.29, 1.82) is 0 Å². The van der Waals surface area contributed by atoms with Crippen LogP contribution in [0.5, 0.6) is 0 Å². The van der Waals surface area contributed by atoms with Crippen LogP contribution in [0.15, 0.2) is 28.3 Å². The minimum absolute atomic E-state index is 0.849. The summed E-state index contributed by atoms with van der Waals surface area (Å²) >= 11 is 5.17. The van der Waals surface area contributed by atoms with Gasteiger partial charge in [0.15, 0.2) is 0 Å². The highest BCUT2D eigenvalue weighted by molar-refractivity contribution is 9.10. The van der Waals surface area contributed by atoms with Crippen LogP contribution in [0.3, 0.4) is 0 Å². The Balaban J connectivity index is 1.94. The van der Waals surface area contributed by atoms with Crippen LogP contribution >= 0.6 is 27.3 Å². The normalized spacial score (nSPS) is 10.4. The lowest BCUT2D eigenvalue weighted by molar-refractivity contribution is 0.768. The summed E-state index contributed by atoms with van der Waals surface area (Å²) in [4.78, 5) is 1.31. The first-order valence-corrected chi connectivity index (χ1v) is 5.87. The number of aryl methyl sites for hydroxylation is 1. The quantitative estimate of drug-likeness (QED) is 0.931. The monoisotopic (exact) mass is 271 g/mol. The molecule has 3 nitrogen and oxygen atoms in total. The summed E-state index contributed by atoms with van der Waals surface area (Å²) < 4.78 is 2.93. The maximum atomic E-state index is 4.08. The van der Waals surface area contributed by atoms with Gasteiger partial charge in [-0.25, -0.2) is 0 Å². The Morgan fingerprint density at radius 2 is 2.50 bits per heavy atom. The summed E-state index contributed by atoms with van der Waals surface area (Å²) in [6.45, 7) is 0.849. The maximum Gasteiger partial charge on any atom is 0.0729 e. The second-order valence-corrected chi connectivity index (χ2v) is 4.90. The van der Waals surface area contributed by atoms with Crippen molar-refractivity contribution < 1.29 is 0 Å². The fourth-order valence-corrected chi connectivity index (χ4v) is 2.54. The van der Waals surface area contributed by atoms with Crippen LogP contribution in [0.2, 0.25) is 0 Å². The van der Waals surface area contributed by atoms with E-state index in [1.54, 1.807) is 16.0 Å². The van der Waals surface area contributed by atoms with Gasteiger partial charge in [0.05, 0.1) is 11.9 Å². The fraction of sp³-hybridized carbons (Fsp3) is 0.222. The molecule has 0 aromatic carbocycles. The largest absolute Gasteiger partial charge is 0.378 e. The average Bonchev–Trinajstić information content (AvgIpc) is 2.72. The van der Waals surface area contributed by atoms with Gasteiger partial charge in [-0.05, 0) is 22.0 Å². The molecular weight excluding hydrogens is 262 g/mol. The highest BCUT2D eigenvalue weighted by Gasteiger charge is 1.98. The van der Waals surface area contributed by atoms with Crippen molar-refractivity contribution in [2.75, 3.05) is 5.32 Å². The summed E-state index contributed by atoms with van der Waals surface area (Å²) in [5, 5.41) is 9.47. The SMILES string of the molecule is Cn1cc(NCc2cc(Br)cs2)cn1. The lowest BCUT2D eigenvalue weighted by Crippen LogP contribution is -1.95. The Hall–Kier alpha value is -0.810. The third kappa shape index (κ3) is 2.36. The molecule has 0 atom stereocenters. The van der Waals surface area contributed by atoms with Gasteiger partial charge in [0.25, 0.3) is 0 Å². The van der Waals surface area contributed by atoms with E-state index in [0.29, 0.717) is 0 Å². The van der Waals surface area contributed by atoms with Crippen LogP contribution < -0.4 is 5.32 Å². The molecule has 2 aromatic rings. The van der Waals surface area contributed by atoms with Crippen LogP contribution in [-0.2, 0) is 13.6 Å². The Morgan fingerprint density at radius 3 is 3.07 bits per heavy atom. The third-order valence-electron chi connectivity index (χ3n) is 1.79. The van der Waals surface area contributed by atoms with E-state index in [4.69, 9.17) is 0 Å². The minimum Gasteiger partial charge on any atom is -0.378 e. The number of nitrogens with zero attached hydrogens (tertiary/aromatic N) is 2. The molecule has 74 valence electrons. The van der Waals surface area contributed by atoms with Gasteiger partial charge < -0.3 is 5.32 Å². The standard InChI is InChI=1S/C9H10BrN3S/c1-13-5-8(3-12-13)11-4-9-2-7(10)6-14-9/h2-3,5-6,11H,4H2,1H3. The molecule has 2 heterocycles. The first-order chi connectivity index (χ1) is 6.74. The van der Waals surface area contributed by atoms with Gasteiger partial charge >= 0.3 is 0 Å². The van der Waals surface area contributed by atoms with Gasteiger partial charge in [-0.15, -0.1) is 11.3 Å². The molecule has 0 spiro atoms. The minimum atomic E-state index is 0.849. The molecule has 2 rings (SSSR count). The summed E-state index contributed by atoms with van der Waals surface area (Å²) in [5.74, 6) is 0. The van der Waals surface area contributed by atoms with Gasteiger partial charge in [0.2, 0.25) is 0 Å². The topological polar surface area (TPSA) is 29.9 Å². The molecule has 0 aliphatic heterocycles. The molecule has 0 unspecified atom stereocenters. The van der Waals surface area contributed by atoms with Gasteiger partial charge in [-0.2, -0.15) is 5.10 Å². The molecule has 0 saturated heterocycles. The molecule has 5 heteroatoms. The van der Waals surface area contributed by atoms with Crippen LogP contribution in [-0.4, -0.2) is 9.78 Å². The average molecular weight is 272 g/mol. The van der Waals surface area contributed by atoms with Crippen LogP contribution in [0.1, 0.15) is 4.88 Å². The van der Waals surface area contributed by atoms with E-state index in [0.717, 1.165) is 16.7 Å². The lowest BCUT2D eigenvalue weighted by atomic mass is 10.4. The van der Waals surface area contributed by atoms with Gasteiger partial charge in [0, 0.05) is 34.5 Å². The number of aromatic nitrogens is 2. The van der Waals surface area contributed by atoms with Crippen molar-refractivity contribution in [1.82, 2.24) is 9.78 Å². The fourth-order valence-electron chi connectivity index (χ4n) is 1.15. The van der Waals surface area contributed by atoms with E-state index < -0.39 is 0 Å². The first kappa shape index (κ1) is 9.73. The number of halogens is 1. The van der Waals surface area contributed by atoms with Crippen molar-refractivity contribution in [3.05, 3.63) is 33.2 Å². The second-order valence-electron chi connectivity index (χ2n) is 2.99. The van der Waals surface area contributed by atoms with Gasteiger partial charge in [-0.1, -0.05) is 0 Å². The van der Waals surface area contributed by atoms with E-state index in [1.165, 1.54) is 4.88 Å². The van der Waals surface area contributed by atoms with E-state index in [2.05, 4.69) is 37.8 Å². The zero-order valence-corrected chi connectivity index (χ0v) is 10.1. The molecule has 0 fully saturated rings. The molecule has 0 radical (unpaired) electrons. The van der Waals surface area contributed by atoms with Crippen LogP contribution in [0.25, 0.3) is 0 Å². The third-order valence-corrected chi connectivity index (χ3v) is 3.49. The molecule has 0 saturated carbocycles. The van der Waals surface area contributed by atoms with Gasteiger partial charge in [-0.3, -0.25) is 4.68 Å². The molecule has 2 aromatic heterocycles. The Morgan fingerprint density at radius 1 is 1.64 bits per heavy atom. The first-order valence-electron chi connectivity index (χ1n) is 4.19. The van der Waals surface area contributed by atoms with Crippen molar-refractivity contribution in [2.24, 2.45) is 7.05 Å². The summed E-state index contributed by atoms with van der Waals surface area (Å²) in [6, 6.07) is 2.12. The highest BCUT2D eigenvalue weighted by Crippen LogP contribution is 2.20. The van der Waals surface area contributed by atoms with Crippen molar-refractivity contribution in [3.63, 3.8) is 0 Å². The Labute approximate surface area is 94.9 Å². The predicted octanol–water partition coefficient (Wildman–Crippen LogP) is 2.86. The molecule has 0 bridgehead atoms. The molecule has 0 aliphatic carbocycles. The zero-order valence-electron chi connectivity index (χ0n) is 7.70. The van der Waals surface area contributed by atoms with Gasteiger partial charge in [0.1, 0.15) is 0 Å². The zero-order chi connectivity index (χ0) is 9.97. The van der Waals surface area contributed by atoms with E-state index in [1.807, 2.05) is 19.4 Å². The van der Waals surface area contributed by atoms with E-state index >= 15 is 0 Å². The Kier molecular flexibility index (Phi) is 2.88. The summed E-state index contributed by atoms with van der Waals surface area (Å²) in [6.07, 6.45) is 3.78. The number of hydrogen-bond donors (Lipinski definition) is 1. The number of rotatable bonds is 3. The van der Waals surface area contributed by atoms with E-state index in [9.17, 15) is 0 Å². The number of nitrogens with one attached hydrogen (secondary N) is 1. The molecule has 14 heavy (non-hydrogen) atoms.